The lowest BCUT2D eigenvalue weighted by molar-refractivity contribution is 0.102. The maximum atomic E-state index is 13.6. The number of carbonyl (C=O) groups is 1. The second-order valence-corrected chi connectivity index (χ2v) is 4.55. The number of amides is 1. The first-order valence-electron chi connectivity index (χ1n) is 5.51. The lowest BCUT2D eigenvalue weighted by Gasteiger charge is -2.10. The Morgan fingerprint density at radius 1 is 1.32 bits per heavy atom. The normalized spacial score (nSPS) is 10.1. The predicted octanol–water partition coefficient (Wildman–Crippen LogP) is 3.28. The van der Waals surface area contributed by atoms with Crippen molar-refractivity contribution >= 4 is 33.3 Å². The highest BCUT2D eigenvalue weighted by Crippen LogP contribution is 2.26. The monoisotopic (exact) mass is 323 g/mol. The minimum atomic E-state index is -0.502. The predicted molar refractivity (Wildman–Crippen MR) is 75.8 cm³/mol. The molecule has 98 valence electrons. The molecule has 0 aliphatic carbocycles. The van der Waals surface area contributed by atoms with Crippen LogP contribution in [0, 0.1) is 5.82 Å². The number of anilines is 2. The van der Waals surface area contributed by atoms with Gasteiger partial charge in [-0.25, -0.2) is 9.37 Å². The molecule has 0 aliphatic heterocycles. The van der Waals surface area contributed by atoms with Gasteiger partial charge in [0.2, 0.25) is 0 Å². The molecule has 1 heterocycles. The number of hydrogen-bond acceptors (Lipinski definition) is 3. The average Bonchev–Trinajstić information content (AvgIpc) is 2.42. The molecule has 0 fully saturated rings. The maximum absolute atomic E-state index is 13.6. The Bertz CT molecular complexity index is 598. The summed E-state index contributed by atoms with van der Waals surface area (Å²) in [6, 6.07) is 7.75. The average molecular weight is 324 g/mol. The van der Waals surface area contributed by atoms with Crippen molar-refractivity contribution in [3.63, 3.8) is 0 Å². The van der Waals surface area contributed by atoms with Crippen molar-refractivity contribution < 1.29 is 9.18 Å². The zero-order valence-electron chi connectivity index (χ0n) is 10.1. The van der Waals surface area contributed by atoms with Crippen LogP contribution < -0.4 is 10.6 Å². The van der Waals surface area contributed by atoms with Crippen LogP contribution in [0.4, 0.5) is 15.9 Å². The van der Waals surface area contributed by atoms with Crippen molar-refractivity contribution in [1.29, 1.82) is 0 Å². The van der Waals surface area contributed by atoms with E-state index in [1.54, 1.807) is 37.5 Å². The summed E-state index contributed by atoms with van der Waals surface area (Å²) in [5.41, 5.74) is 0.457. The maximum Gasteiger partial charge on any atom is 0.259 e. The Kier molecular flexibility index (Phi) is 4.11. The summed E-state index contributed by atoms with van der Waals surface area (Å²) >= 11 is 3.20. The molecule has 0 radical (unpaired) electrons. The zero-order valence-corrected chi connectivity index (χ0v) is 11.7. The van der Waals surface area contributed by atoms with E-state index in [2.05, 4.69) is 31.5 Å². The minimum Gasteiger partial charge on any atom is -0.372 e. The van der Waals surface area contributed by atoms with Crippen LogP contribution in [0.3, 0.4) is 0 Å². The van der Waals surface area contributed by atoms with E-state index in [-0.39, 0.29) is 5.69 Å². The number of aromatic nitrogens is 1. The van der Waals surface area contributed by atoms with Gasteiger partial charge in [0.05, 0.1) is 11.3 Å². The van der Waals surface area contributed by atoms with Gasteiger partial charge >= 0.3 is 0 Å². The van der Waals surface area contributed by atoms with Gasteiger partial charge in [-0.2, -0.15) is 0 Å². The quantitative estimate of drug-likeness (QED) is 0.911. The third kappa shape index (κ3) is 2.90. The standard InChI is InChI=1S/C13H11BrFN3O/c1-16-12-8(4-3-7-17-12)13(19)18-11-9(14)5-2-6-10(11)15/h2-7H,1H3,(H,16,17)(H,18,19). The number of carbonyl (C=O) groups excluding carboxylic acids is 1. The van der Waals surface area contributed by atoms with Gasteiger partial charge in [0.25, 0.3) is 5.91 Å². The molecule has 0 atom stereocenters. The molecule has 1 amide bonds. The van der Waals surface area contributed by atoms with E-state index < -0.39 is 11.7 Å². The molecule has 0 spiro atoms. The Hall–Kier alpha value is -1.95. The molecule has 0 saturated carbocycles. The van der Waals surface area contributed by atoms with Gasteiger partial charge in [-0.15, -0.1) is 0 Å². The SMILES string of the molecule is CNc1ncccc1C(=O)Nc1c(F)cccc1Br. The number of halogens is 2. The van der Waals surface area contributed by atoms with E-state index in [1.165, 1.54) is 6.07 Å². The van der Waals surface area contributed by atoms with Crippen LogP contribution >= 0.6 is 15.9 Å². The summed E-state index contributed by atoms with van der Waals surface area (Å²) in [6.45, 7) is 0. The van der Waals surface area contributed by atoms with Crippen LogP contribution in [0.1, 0.15) is 10.4 Å². The summed E-state index contributed by atoms with van der Waals surface area (Å²) in [5, 5.41) is 5.34. The Morgan fingerprint density at radius 3 is 2.79 bits per heavy atom. The summed E-state index contributed by atoms with van der Waals surface area (Å²) in [5.74, 6) is -0.492. The van der Waals surface area contributed by atoms with Crippen LogP contribution in [0.15, 0.2) is 41.0 Å². The Morgan fingerprint density at radius 2 is 2.11 bits per heavy atom. The molecular formula is C13H11BrFN3O. The lowest BCUT2D eigenvalue weighted by Crippen LogP contribution is -2.15. The van der Waals surface area contributed by atoms with Crippen LogP contribution in [0.25, 0.3) is 0 Å². The topological polar surface area (TPSA) is 54.0 Å². The van der Waals surface area contributed by atoms with Crippen LogP contribution in [-0.2, 0) is 0 Å². The first-order chi connectivity index (χ1) is 9.13. The highest BCUT2D eigenvalue weighted by Gasteiger charge is 2.15. The second kappa shape index (κ2) is 5.79. The van der Waals surface area contributed by atoms with Gasteiger partial charge in [-0.3, -0.25) is 4.79 Å². The van der Waals surface area contributed by atoms with Crippen LogP contribution in [0.5, 0.6) is 0 Å². The van der Waals surface area contributed by atoms with Crippen molar-refractivity contribution in [2.75, 3.05) is 17.7 Å². The van der Waals surface area contributed by atoms with Crippen molar-refractivity contribution in [3.8, 4) is 0 Å². The van der Waals surface area contributed by atoms with E-state index in [0.717, 1.165) is 0 Å². The molecule has 2 aromatic rings. The number of para-hydroxylation sites is 1. The molecular weight excluding hydrogens is 313 g/mol. The molecule has 0 bridgehead atoms. The summed E-state index contributed by atoms with van der Waals surface area (Å²) in [6.07, 6.45) is 1.57. The Balaban J connectivity index is 2.31. The first kappa shape index (κ1) is 13.5. The smallest absolute Gasteiger partial charge is 0.259 e. The highest BCUT2D eigenvalue weighted by molar-refractivity contribution is 9.10. The third-order valence-electron chi connectivity index (χ3n) is 2.49. The lowest BCUT2D eigenvalue weighted by atomic mass is 10.2. The molecule has 4 nitrogen and oxygen atoms in total. The van der Waals surface area contributed by atoms with Crippen molar-refractivity contribution in [2.45, 2.75) is 0 Å². The van der Waals surface area contributed by atoms with Crippen molar-refractivity contribution in [1.82, 2.24) is 4.98 Å². The summed E-state index contributed by atoms with van der Waals surface area (Å²) in [7, 11) is 1.66. The van der Waals surface area contributed by atoms with Gasteiger partial charge in [0.15, 0.2) is 0 Å². The number of pyridine rings is 1. The molecule has 19 heavy (non-hydrogen) atoms. The fourth-order valence-electron chi connectivity index (χ4n) is 1.59. The third-order valence-corrected chi connectivity index (χ3v) is 3.15. The number of benzene rings is 1. The number of nitrogens with one attached hydrogen (secondary N) is 2. The molecule has 1 aromatic heterocycles. The molecule has 6 heteroatoms. The van der Waals surface area contributed by atoms with Gasteiger partial charge in [0, 0.05) is 17.7 Å². The minimum absolute atomic E-state index is 0.110. The van der Waals surface area contributed by atoms with Gasteiger partial charge in [-0.1, -0.05) is 6.07 Å². The zero-order chi connectivity index (χ0) is 13.8. The highest BCUT2D eigenvalue weighted by atomic mass is 79.9. The van der Waals surface area contributed by atoms with E-state index in [9.17, 15) is 9.18 Å². The first-order valence-corrected chi connectivity index (χ1v) is 6.31. The number of rotatable bonds is 3. The molecule has 2 N–H and O–H groups in total. The summed E-state index contributed by atoms with van der Waals surface area (Å²) < 4.78 is 14.1. The Labute approximate surface area is 118 Å². The molecule has 2 rings (SSSR count). The fraction of sp³-hybridized carbons (Fsp3) is 0.0769. The van der Waals surface area contributed by atoms with E-state index in [1.807, 2.05) is 0 Å². The van der Waals surface area contributed by atoms with Crippen molar-refractivity contribution in [2.24, 2.45) is 0 Å². The molecule has 0 saturated heterocycles. The van der Waals surface area contributed by atoms with Gasteiger partial charge in [0.1, 0.15) is 11.6 Å². The van der Waals surface area contributed by atoms with Crippen LogP contribution in [-0.4, -0.2) is 17.9 Å². The summed E-state index contributed by atoms with van der Waals surface area (Å²) in [4.78, 5) is 16.1. The van der Waals surface area contributed by atoms with E-state index >= 15 is 0 Å². The van der Waals surface area contributed by atoms with E-state index in [4.69, 9.17) is 0 Å². The number of nitrogens with zero attached hydrogens (tertiary/aromatic N) is 1. The van der Waals surface area contributed by atoms with E-state index in [0.29, 0.717) is 15.9 Å². The number of hydrogen-bond donors (Lipinski definition) is 2. The second-order valence-electron chi connectivity index (χ2n) is 3.70. The van der Waals surface area contributed by atoms with Crippen molar-refractivity contribution in [3.05, 3.63) is 52.4 Å². The van der Waals surface area contributed by atoms with Crippen LogP contribution in [0.2, 0.25) is 0 Å². The molecule has 0 unspecified atom stereocenters. The van der Waals surface area contributed by atoms with Gasteiger partial charge in [-0.05, 0) is 40.2 Å². The molecule has 1 aromatic carbocycles. The largest absolute Gasteiger partial charge is 0.372 e. The molecule has 0 aliphatic rings. The fourth-order valence-corrected chi connectivity index (χ4v) is 2.03. The van der Waals surface area contributed by atoms with Gasteiger partial charge < -0.3 is 10.6 Å².